The lowest BCUT2D eigenvalue weighted by Crippen LogP contribution is -2.21. The molecule has 0 aromatic rings. The monoisotopic (exact) mass is 264 g/mol. The topological polar surface area (TPSA) is 17.1 Å². The summed E-state index contributed by atoms with van der Waals surface area (Å²) in [7, 11) is 0. The first-order valence-electron chi connectivity index (χ1n) is 8.78. The van der Waals surface area contributed by atoms with E-state index in [2.05, 4.69) is 6.92 Å². The predicted molar refractivity (Wildman–Crippen MR) is 81.1 cm³/mol. The van der Waals surface area contributed by atoms with Crippen LogP contribution in [0.5, 0.6) is 0 Å². The molecule has 4 unspecified atom stereocenters. The Balaban J connectivity index is 1.66. The fraction of sp³-hybridized carbons (Fsp3) is 0.944. The summed E-state index contributed by atoms with van der Waals surface area (Å²) >= 11 is 0. The van der Waals surface area contributed by atoms with Crippen molar-refractivity contribution in [2.75, 3.05) is 0 Å². The van der Waals surface area contributed by atoms with E-state index in [9.17, 15) is 4.79 Å². The molecule has 0 amide bonds. The minimum atomic E-state index is 0.392. The molecule has 2 saturated carbocycles. The summed E-state index contributed by atoms with van der Waals surface area (Å²) in [5, 5.41) is 0. The first-order chi connectivity index (χ1) is 9.33. The number of carbonyl (C=O) groups is 1. The van der Waals surface area contributed by atoms with Crippen molar-refractivity contribution in [1.82, 2.24) is 0 Å². The molecule has 19 heavy (non-hydrogen) atoms. The highest BCUT2D eigenvalue weighted by Crippen LogP contribution is 2.36. The summed E-state index contributed by atoms with van der Waals surface area (Å²) in [6.45, 7) is 2.35. The first kappa shape index (κ1) is 15.1. The molecule has 0 heterocycles. The van der Waals surface area contributed by atoms with Gasteiger partial charge in [0.2, 0.25) is 0 Å². The maximum absolute atomic E-state index is 11.1. The molecule has 110 valence electrons. The van der Waals surface area contributed by atoms with Gasteiger partial charge in [0, 0.05) is 5.92 Å². The van der Waals surface area contributed by atoms with E-state index in [4.69, 9.17) is 0 Å². The van der Waals surface area contributed by atoms with Crippen LogP contribution >= 0.6 is 0 Å². The molecule has 2 aliphatic carbocycles. The van der Waals surface area contributed by atoms with E-state index in [0.717, 1.165) is 24.2 Å². The van der Waals surface area contributed by atoms with Gasteiger partial charge in [0.25, 0.3) is 0 Å². The van der Waals surface area contributed by atoms with Gasteiger partial charge in [-0.1, -0.05) is 58.3 Å². The zero-order valence-corrected chi connectivity index (χ0v) is 12.8. The van der Waals surface area contributed by atoms with Crippen LogP contribution in [0.2, 0.25) is 0 Å². The third-order valence-corrected chi connectivity index (χ3v) is 5.80. The Bertz CT molecular complexity index is 260. The molecule has 0 N–H and O–H groups in total. The fourth-order valence-electron chi connectivity index (χ4n) is 4.48. The highest BCUT2D eigenvalue weighted by molar-refractivity contribution is 5.54. The second-order valence-electron chi connectivity index (χ2n) is 7.08. The van der Waals surface area contributed by atoms with Gasteiger partial charge in [-0.05, 0) is 43.4 Å². The normalized spacial score (nSPS) is 36.1. The Kier molecular flexibility index (Phi) is 6.40. The van der Waals surface area contributed by atoms with E-state index < -0.39 is 0 Å². The number of carbonyl (C=O) groups excluding carboxylic acids is 1. The minimum absolute atomic E-state index is 0.392. The summed E-state index contributed by atoms with van der Waals surface area (Å²) in [5.41, 5.74) is 0. The molecule has 0 radical (unpaired) electrons. The van der Waals surface area contributed by atoms with Crippen LogP contribution in [0.3, 0.4) is 0 Å². The zero-order chi connectivity index (χ0) is 13.5. The van der Waals surface area contributed by atoms with Gasteiger partial charge >= 0.3 is 0 Å². The van der Waals surface area contributed by atoms with Crippen LogP contribution in [-0.4, -0.2) is 6.29 Å². The predicted octanol–water partition coefficient (Wildman–Crippen LogP) is 5.38. The summed E-state index contributed by atoms with van der Waals surface area (Å²) in [4.78, 5) is 11.1. The van der Waals surface area contributed by atoms with Crippen LogP contribution < -0.4 is 0 Å². The number of hydrogen-bond acceptors (Lipinski definition) is 1. The molecule has 0 aromatic carbocycles. The summed E-state index contributed by atoms with van der Waals surface area (Å²) in [6, 6.07) is 0. The van der Waals surface area contributed by atoms with Crippen LogP contribution in [0.25, 0.3) is 0 Å². The van der Waals surface area contributed by atoms with Crippen molar-refractivity contribution in [3.63, 3.8) is 0 Å². The molecule has 0 aliphatic heterocycles. The largest absolute Gasteiger partial charge is 0.303 e. The quantitative estimate of drug-likeness (QED) is 0.589. The van der Waals surface area contributed by atoms with Crippen molar-refractivity contribution in [2.45, 2.75) is 84.0 Å². The van der Waals surface area contributed by atoms with Gasteiger partial charge in [0.15, 0.2) is 0 Å². The van der Waals surface area contributed by atoms with E-state index in [1.54, 1.807) is 0 Å². The Labute approximate surface area is 119 Å². The first-order valence-corrected chi connectivity index (χ1v) is 8.78. The molecule has 0 aromatic heterocycles. The molecule has 0 bridgehead atoms. The number of rotatable bonds is 6. The van der Waals surface area contributed by atoms with Crippen molar-refractivity contribution >= 4 is 6.29 Å². The fourth-order valence-corrected chi connectivity index (χ4v) is 4.48. The van der Waals surface area contributed by atoms with Crippen LogP contribution in [0.1, 0.15) is 84.0 Å². The average molecular weight is 264 g/mol. The highest BCUT2D eigenvalue weighted by atomic mass is 16.1. The van der Waals surface area contributed by atoms with Gasteiger partial charge in [0.1, 0.15) is 6.29 Å². The molecule has 4 atom stereocenters. The van der Waals surface area contributed by atoms with Crippen molar-refractivity contribution in [3.05, 3.63) is 0 Å². The average Bonchev–Trinajstić information content (AvgIpc) is 2.48. The van der Waals surface area contributed by atoms with Crippen molar-refractivity contribution in [1.29, 1.82) is 0 Å². The molecule has 0 spiro atoms. The van der Waals surface area contributed by atoms with Crippen LogP contribution in [0, 0.1) is 23.7 Å². The Morgan fingerprint density at radius 3 is 2.53 bits per heavy atom. The molecule has 2 aliphatic rings. The minimum Gasteiger partial charge on any atom is -0.303 e. The van der Waals surface area contributed by atoms with Crippen LogP contribution in [0.4, 0.5) is 0 Å². The smallest absolute Gasteiger partial charge is 0.123 e. The van der Waals surface area contributed by atoms with E-state index in [1.165, 1.54) is 76.9 Å². The molecule has 2 fully saturated rings. The van der Waals surface area contributed by atoms with Gasteiger partial charge in [-0.15, -0.1) is 0 Å². The van der Waals surface area contributed by atoms with Gasteiger partial charge in [-0.25, -0.2) is 0 Å². The second-order valence-corrected chi connectivity index (χ2v) is 7.08. The third-order valence-electron chi connectivity index (χ3n) is 5.80. The third kappa shape index (κ3) is 4.61. The Morgan fingerprint density at radius 1 is 0.947 bits per heavy atom. The summed E-state index contributed by atoms with van der Waals surface area (Å²) in [5.74, 6) is 3.12. The van der Waals surface area contributed by atoms with E-state index >= 15 is 0 Å². The van der Waals surface area contributed by atoms with E-state index in [-0.39, 0.29) is 0 Å². The molecule has 0 saturated heterocycles. The van der Waals surface area contributed by atoms with Crippen LogP contribution in [-0.2, 0) is 4.79 Å². The summed E-state index contributed by atoms with van der Waals surface area (Å²) < 4.78 is 0. The lowest BCUT2D eigenvalue weighted by Gasteiger charge is -2.30. The van der Waals surface area contributed by atoms with Crippen molar-refractivity contribution in [2.24, 2.45) is 23.7 Å². The SMILES string of the molecule is CCC1CCCC(CCCC2CCCCC2C=O)C1. The Hall–Kier alpha value is -0.330. The molecule has 2 rings (SSSR count). The van der Waals surface area contributed by atoms with Crippen LogP contribution in [0.15, 0.2) is 0 Å². The van der Waals surface area contributed by atoms with Gasteiger partial charge in [-0.3, -0.25) is 0 Å². The standard InChI is InChI=1S/C18H32O/c1-2-15-7-5-8-16(13-15)9-6-12-17-10-3-4-11-18(17)14-19/h14-18H,2-13H2,1H3. The maximum Gasteiger partial charge on any atom is 0.123 e. The van der Waals surface area contributed by atoms with E-state index in [0.29, 0.717) is 5.92 Å². The Morgan fingerprint density at radius 2 is 1.74 bits per heavy atom. The van der Waals surface area contributed by atoms with Gasteiger partial charge in [0.05, 0.1) is 0 Å². The van der Waals surface area contributed by atoms with Gasteiger partial charge in [-0.2, -0.15) is 0 Å². The highest BCUT2D eigenvalue weighted by Gasteiger charge is 2.25. The van der Waals surface area contributed by atoms with Crippen molar-refractivity contribution in [3.8, 4) is 0 Å². The second kappa shape index (κ2) is 8.07. The molecule has 1 nitrogen and oxygen atoms in total. The molecule has 1 heteroatoms. The number of hydrogen-bond donors (Lipinski definition) is 0. The van der Waals surface area contributed by atoms with Gasteiger partial charge < -0.3 is 4.79 Å². The zero-order valence-electron chi connectivity index (χ0n) is 12.8. The molecular formula is C18H32O. The van der Waals surface area contributed by atoms with E-state index in [1.807, 2.05) is 0 Å². The lowest BCUT2D eigenvalue weighted by molar-refractivity contribution is -0.113. The maximum atomic E-state index is 11.1. The molecular weight excluding hydrogens is 232 g/mol. The van der Waals surface area contributed by atoms with Crippen molar-refractivity contribution < 1.29 is 4.79 Å². The number of aldehydes is 1. The summed E-state index contributed by atoms with van der Waals surface area (Å²) in [6.07, 6.45) is 17.7. The lowest BCUT2D eigenvalue weighted by atomic mass is 9.75.